The topological polar surface area (TPSA) is 119 Å². The summed E-state index contributed by atoms with van der Waals surface area (Å²) < 4.78 is 65.7. The second kappa shape index (κ2) is 9.64. The molecule has 0 fully saturated rings. The van der Waals surface area contributed by atoms with Gasteiger partial charge in [-0.05, 0) is 48.7 Å². The van der Waals surface area contributed by atoms with E-state index in [1.165, 1.54) is 18.2 Å². The van der Waals surface area contributed by atoms with Crippen LogP contribution in [-0.4, -0.2) is 49.6 Å². The largest absolute Gasteiger partial charge is 0.416 e. The Kier molecular flexibility index (Phi) is 6.87. The SMILES string of the molecule is CS(=O)(=O)c1cc(C#N)ccc1C1C2=C(CCCC2=O)N(c2cccc(C(F)(F)F)c2)C(=O)N1CCO. The molecule has 2 aromatic carbocycles. The number of rotatable bonds is 5. The van der Waals surface area contributed by atoms with Crippen LogP contribution in [-0.2, 0) is 20.8 Å². The van der Waals surface area contributed by atoms with Gasteiger partial charge in [-0.1, -0.05) is 12.1 Å². The molecule has 2 amide bonds. The van der Waals surface area contributed by atoms with Gasteiger partial charge >= 0.3 is 12.2 Å². The van der Waals surface area contributed by atoms with Gasteiger partial charge in [-0.2, -0.15) is 18.4 Å². The number of allylic oxidation sites excluding steroid dienone is 1. The molecule has 0 radical (unpaired) electrons. The molecule has 1 aliphatic heterocycles. The molecule has 1 N–H and O–H groups in total. The highest BCUT2D eigenvalue weighted by Gasteiger charge is 2.46. The number of ketones is 1. The lowest BCUT2D eigenvalue weighted by Crippen LogP contribution is -2.53. The molecule has 2 aromatic rings. The highest BCUT2D eigenvalue weighted by Crippen LogP contribution is 2.46. The van der Waals surface area contributed by atoms with Gasteiger partial charge < -0.3 is 10.0 Å². The quantitative estimate of drug-likeness (QED) is 0.622. The number of halogens is 3. The van der Waals surface area contributed by atoms with Crippen molar-refractivity contribution in [3.8, 4) is 6.07 Å². The molecule has 194 valence electrons. The first kappa shape index (κ1) is 26.4. The van der Waals surface area contributed by atoms with Gasteiger partial charge in [0, 0.05) is 30.5 Å². The van der Waals surface area contributed by atoms with Crippen LogP contribution in [0.25, 0.3) is 0 Å². The summed E-state index contributed by atoms with van der Waals surface area (Å²) >= 11 is 0. The second-order valence-electron chi connectivity index (χ2n) is 8.76. The number of aliphatic hydroxyl groups is 1. The number of hydrogen-bond acceptors (Lipinski definition) is 6. The Bertz CT molecular complexity index is 1460. The number of anilines is 1. The highest BCUT2D eigenvalue weighted by atomic mass is 32.2. The minimum atomic E-state index is -4.67. The number of carbonyl (C=O) groups is 2. The molecule has 1 heterocycles. The van der Waals surface area contributed by atoms with E-state index in [1.54, 1.807) is 0 Å². The van der Waals surface area contributed by atoms with Crippen LogP contribution in [0.3, 0.4) is 0 Å². The third-order valence-corrected chi connectivity index (χ3v) is 7.48. The number of carbonyl (C=O) groups excluding carboxylic acids is 2. The summed E-state index contributed by atoms with van der Waals surface area (Å²) in [7, 11) is -3.94. The summed E-state index contributed by atoms with van der Waals surface area (Å²) in [6.45, 7) is -0.883. The normalized spacial score (nSPS) is 18.6. The third-order valence-electron chi connectivity index (χ3n) is 6.33. The molecular formula is C25H22F3N3O5S. The van der Waals surface area contributed by atoms with Crippen LogP contribution in [0.15, 0.2) is 58.6 Å². The van der Waals surface area contributed by atoms with Crippen LogP contribution < -0.4 is 4.90 Å². The fourth-order valence-electron chi connectivity index (χ4n) is 4.79. The molecule has 12 heteroatoms. The smallest absolute Gasteiger partial charge is 0.395 e. The van der Waals surface area contributed by atoms with Crippen LogP contribution in [0.5, 0.6) is 0 Å². The Balaban J connectivity index is 2.02. The Hall–Kier alpha value is -3.69. The maximum absolute atomic E-state index is 13.8. The molecular weight excluding hydrogens is 511 g/mol. The minimum Gasteiger partial charge on any atom is -0.395 e. The molecule has 4 rings (SSSR count). The molecule has 0 saturated carbocycles. The molecule has 1 atom stereocenters. The number of nitrogens with zero attached hydrogens (tertiary/aromatic N) is 3. The van der Waals surface area contributed by atoms with Crippen LogP contribution in [0.2, 0.25) is 0 Å². The third kappa shape index (κ3) is 4.84. The summed E-state index contributed by atoms with van der Waals surface area (Å²) in [4.78, 5) is 29.0. The van der Waals surface area contributed by atoms with E-state index in [0.29, 0.717) is 6.42 Å². The number of benzene rings is 2. The number of β-amino-alcohol motifs (C(OH)–C–C–N with tert-alkyl or cyclic N) is 1. The van der Waals surface area contributed by atoms with Crippen molar-refractivity contribution in [2.75, 3.05) is 24.3 Å². The lowest BCUT2D eigenvalue weighted by Gasteiger charge is -2.45. The first-order chi connectivity index (χ1) is 17.4. The number of alkyl halides is 3. The molecule has 1 aliphatic carbocycles. The Labute approximate surface area is 211 Å². The van der Waals surface area contributed by atoms with Crippen LogP contribution >= 0.6 is 0 Å². The molecule has 0 bridgehead atoms. The molecule has 8 nitrogen and oxygen atoms in total. The zero-order valence-corrected chi connectivity index (χ0v) is 20.4. The van der Waals surface area contributed by atoms with Gasteiger partial charge in [0.2, 0.25) is 0 Å². The van der Waals surface area contributed by atoms with Gasteiger partial charge in [0.05, 0.1) is 40.4 Å². The monoisotopic (exact) mass is 533 g/mol. The van der Waals surface area contributed by atoms with Crippen LogP contribution in [0.1, 0.15) is 42.0 Å². The van der Waals surface area contributed by atoms with Gasteiger partial charge in [0.25, 0.3) is 0 Å². The Morgan fingerprint density at radius 2 is 1.86 bits per heavy atom. The number of nitriles is 1. The number of Topliss-reactive ketones (excluding diaryl/α,β-unsaturated/α-hetero) is 1. The number of aliphatic hydroxyl groups excluding tert-OH is 1. The van der Waals surface area contributed by atoms with Gasteiger partial charge in [-0.3, -0.25) is 9.69 Å². The van der Waals surface area contributed by atoms with Crippen LogP contribution in [0.4, 0.5) is 23.7 Å². The van der Waals surface area contributed by atoms with Crippen molar-refractivity contribution >= 4 is 27.3 Å². The number of sulfone groups is 1. The second-order valence-corrected chi connectivity index (χ2v) is 10.7. The lowest BCUT2D eigenvalue weighted by atomic mass is 9.83. The molecule has 37 heavy (non-hydrogen) atoms. The minimum absolute atomic E-state index is 0.0507. The maximum Gasteiger partial charge on any atom is 0.416 e. The Morgan fingerprint density at radius 3 is 2.49 bits per heavy atom. The maximum atomic E-state index is 13.8. The first-order valence-corrected chi connectivity index (χ1v) is 13.2. The van der Waals surface area contributed by atoms with E-state index in [4.69, 9.17) is 0 Å². The molecule has 0 spiro atoms. The van der Waals surface area contributed by atoms with Crippen molar-refractivity contribution in [1.82, 2.24) is 4.90 Å². The zero-order chi connectivity index (χ0) is 27.1. The van der Waals surface area contributed by atoms with Crippen molar-refractivity contribution in [1.29, 1.82) is 5.26 Å². The van der Waals surface area contributed by atoms with E-state index < -0.39 is 40.3 Å². The summed E-state index contributed by atoms with van der Waals surface area (Å²) in [6, 6.07) is 7.84. The molecule has 0 aromatic heterocycles. The predicted molar refractivity (Wildman–Crippen MR) is 126 cm³/mol. The standard InChI is InChI=1S/C25H22F3N3O5S/c1-37(35,36)21-12-15(14-29)8-9-18(21)23-22-19(6-3-7-20(22)33)31(24(34)30(23)10-11-32)17-5-2-4-16(13-17)25(26,27)28/h2,4-5,8-9,12-13,23,32H,3,6-7,10-11H2,1H3. The van der Waals surface area contributed by atoms with Gasteiger partial charge in [0.1, 0.15) is 0 Å². The van der Waals surface area contributed by atoms with Crippen molar-refractivity contribution in [2.24, 2.45) is 0 Å². The Morgan fingerprint density at radius 1 is 1.14 bits per heavy atom. The fraction of sp³-hybridized carbons (Fsp3) is 0.320. The number of hydrogen-bond donors (Lipinski definition) is 1. The van der Waals surface area contributed by atoms with Crippen molar-refractivity contribution < 1.29 is 36.3 Å². The molecule has 0 saturated heterocycles. The molecule has 2 aliphatic rings. The van der Waals surface area contributed by atoms with Crippen LogP contribution in [0, 0.1) is 11.3 Å². The lowest BCUT2D eigenvalue weighted by molar-refractivity contribution is -0.137. The van der Waals surface area contributed by atoms with E-state index >= 15 is 0 Å². The average molecular weight is 534 g/mol. The average Bonchev–Trinajstić information content (AvgIpc) is 2.84. The fourth-order valence-corrected chi connectivity index (χ4v) is 5.74. The summed E-state index contributed by atoms with van der Waals surface area (Å²) in [5.74, 6) is -0.387. The van der Waals surface area contributed by atoms with E-state index in [9.17, 15) is 41.5 Å². The van der Waals surface area contributed by atoms with Gasteiger partial charge in [-0.15, -0.1) is 0 Å². The summed E-state index contributed by atoms with van der Waals surface area (Å²) in [5.41, 5.74) is -0.713. The predicted octanol–water partition coefficient (Wildman–Crippen LogP) is 3.96. The van der Waals surface area contributed by atoms with E-state index in [2.05, 4.69) is 0 Å². The van der Waals surface area contributed by atoms with E-state index in [1.807, 2.05) is 6.07 Å². The van der Waals surface area contributed by atoms with E-state index in [-0.39, 0.29) is 58.1 Å². The molecule has 1 unspecified atom stereocenters. The number of urea groups is 1. The van der Waals surface area contributed by atoms with Crippen molar-refractivity contribution in [2.45, 2.75) is 36.4 Å². The van der Waals surface area contributed by atoms with Gasteiger partial charge in [-0.25, -0.2) is 13.2 Å². The van der Waals surface area contributed by atoms with Crippen molar-refractivity contribution in [3.63, 3.8) is 0 Å². The van der Waals surface area contributed by atoms with E-state index in [0.717, 1.165) is 40.3 Å². The zero-order valence-electron chi connectivity index (χ0n) is 19.6. The number of amides is 2. The summed E-state index contributed by atoms with van der Waals surface area (Å²) in [6.07, 6.45) is -3.11. The van der Waals surface area contributed by atoms with Crippen molar-refractivity contribution in [3.05, 3.63) is 70.4 Å². The summed E-state index contributed by atoms with van der Waals surface area (Å²) in [5, 5.41) is 19.0. The first-order valence-electron chi connectivity index (χ1n) is 11.3. The van der Waals surface area contributed by atoms with Gasteiger partial charge in [0.15, 0.2) is 15.6 Å². The highest BCUT2D eigenvalue weighted by molar-refractivity contribution is 7.90.